The van der Waals surface area contributed by atoms with Gasteiger partial charge >= 0.3 is 0 Å². The zero-order valence-electron chi connectivity index (χ0n) is 10.6. The predicted molar refractivity (Wildman–Crippen MR) is 74.3 cm³/mol. The van der Waals surface area contributed by atoms with Crippen molar-refractivity contribution in [2.45, 2.75) is 50.4 Å². The molecule has 1 aromatic carbocycles. The quantitative estimate of drug-likeness (QED) is 0.862. The fourth-order valence-corrected chi connectivity index (χ4v) is 4.04. The molecule has 18 heavy (non-hydrogen) atoms. The third-order valence-electron chi connectivity index (χ3n) is 4.83. The van der Waals surface area contributed by atoms with Crippen LogP contribution in [0.3, 0.4) is 0 Å². The van der Waals surface area contributed by atoms with Crippen LogP contribution in [0.4, 0.5) is 0 Å². The maximum Gasteiger partial charge on any atom is 0.138 e. The van der Waals surface area contributed by atoms with Crippen LogP contribution < -0.4 is 5.73 Å². The number of aryl methyl sites for hydroxylation is 1. The molecule has 0 unspecified atom stereocenters. The third-order valence-corrected chi connectivity index (χ3v) is 5.24. The molecule has 0 atom stereocenters. The average Bonchev–Trinajstić information content (AvgIpc) is 3.02. The Bertz CT molecular complexity index is 478. The van der Waals surface area contributed by atoms with Crippen LogP contribution in [-0.2, 0) is 18.3 Å². The fraction of sp³-hybridized carbons (Fsp3) is 0.600. The molecular weight excluding hydrogens is 246 g/mol. The van der Waals surface area contributed by atoms with E-state index in [9.17, 15) is 5.11 Å². The molecular formula is C15H20ClNO. The smallest absolute Gasteiger partial charge is 0.138 e. The molecule has 0 saturated heterocycles. The first-order valence-electron chi connectivity index (χ1n) is 6.92. The van der Waals surface area contributed by atoms with Gasteiger partial charge in [0.25, 0.3) is 0 Å². The lowest BCUT2D eigenvalue weighted by Gasteiger charge is -2.29. The number of aromatic hydroxyl groups is 1. The Balaban J connectivity index is 2.15. The largest absolute Gasteiger partial charge is 0.506 e. The van der Waals surface area contributed by atoms with E-state index in [0.29, 0.717) is 17.3 Å². The number of nitrogens with two attached hydrogens (primary N) is 1. The van der Waals surface area contributed by atoms with Gasteiger partial charge in [-0.1, -0.05) is 30.5 Å². The zero-order valence-corrected chi connectivity index (χ0v) is 11.4. The van der Waals surface area contributed by atoms with Gasteiger partial charge in [0.1, 0.15) is 5.75 Å². The molecule has 3 rings (SSSR count). The Kier molecular flexibility index (Phi) is 3.03. The monoisotopic (exact) mass is 265 g/mol. The van der Waals surface area contributed by atoms with E-state index in [1.165, 1.54) is 18.4 Å². The Hall–Kier alpha value is -0.730. The van der Waals surface area contributed by atoms with Gasteiger partial charge in [-0.2, -0.15) is 0 Å². The average molecular weight is 266 g/mol. The topological polar surface area (TPSA) is 46.2 Å². The summed E-state index contributed by atoms with van der Waals surface area (Å²) in [5.74, 6) is 0.296. The van der Waals surface area contributed by atoms with E-state index in [0.717, 1.165) is 43.2 Å². The van der Waals surface area contributed by atoms with Crippen LogP contribution in [0.15, 0.2) is 6.07 Å². The van der Waals surface area contributed by atoms with E-state index >= 15 is 0 Å². The van der Waals surface area contributed by atoms with Crippen LogP contribution in [0.25, 0.3) is 0 Å². The van der Waals surface area contributed by atoms with E-state index < -0.39 is 0 Å². The van der Waals surface area contributed by atoms with Gasteiger partial charge in [-0.15, -0.1) is 0 Å². The second-order valence-electron chi connectivity index (χ2n) is 5.77. The van der Waals surface area contributed by atoms with Crippen LogP contribution in [-0.4, -0.2) is 11.7 Å². The summed E-state index contributed by atoms with van der Waals surface area (Å²) in [6.45, 7) is 0.607. The summed E-state index contributed by atoms with van der Waals surface area (Å²) >= 11 is 6.35. The van der Waals surface area contributed by atoms with E-state index in [1.54, 1.807) is 0 Å². The van der Waals surface area contributed by atoms with Gasteiger partial charge in [-0.05, 0) is 43.2 Å². The lowest BCUT2D eigenvalue weighted by molar-refractivity contribution is 0.405. The molecule has 0 amide bonds. The Morgan fingerprint density at radius 1 is 1.22 bits per heavy atom. The minimum atomic E-state index is -0.0364. The molecule has 0 aliphatic heterocycles. The summed E-state index contributed by atoms with van der Waals surface area (Å²) in [6.07, 6.45) is 7.78. The highest BCUT2D eigenvalue weighted by Gasteiger charge is 2.38. The molecule has 1 fully saturated rings. The Morgan fingerprint density at radius 3 is 2.61 bits per heavy atom. The van der Waals surface area contributed by atoms with Crippen molar-refractivity contribution in [3.63, 3.8) is 0 Å². The molecule has 98 valence electrons. The van der Waals surface area contributed by atoms with Crippen molar-refractivity contribution in [3.05, 3.63) is 27.8 Å². The molecule has 0 aromatic heterocycles. The second-order valence-corrected chi connectivity index (χ2v) is 6.15. The van der Waals surface area contributed by atoms with Crippen molar-refractivity contribution in [1.29, 1.82) is 0 Å². The predicted octanol–water partition coefficient (Wildman–Crippen LogP) is 3.30. The van der Waals surface area contributed by atoms with Crippen LogP contribution in [0.5, 0.6) is 5.75 Å². The van der Waals surface area contributed by atoms with Crippen molar-refractivity contribution in [2.75, 3.05) is 6.54 Å². The van der Waals surface area contributed by atoms with Gasteiger partial charge in [-0.25, -0.2) is 0 Å². The number of benzene rings is 1. The molecule has 2 aliphatic carbocycles. The standard InChI is InChI=1S/C15H20ClNO/c16-13-11-5-3-4-10(11)8-12(14(13)18)15(9-17)6-1-2-7-15/h8,18H,1-7,9,17H2. The number of hydrogen-bond acceptors (Lipinski definition) is 2. The highest BCUT2D eigenvalue weighted by Crippen LogP contribution is 2.48. The summed E-state index contributed by atoms with van der Waals surface area (Å²) in [4.78, 5) is 0. The summed E-state index contributed by atoms with van der Waals surface area (Å²) in [7, 11) is 0. The van der Waals surface area contributed by atoms with E-state index in [1.807, 2.05) is 0 Å². The number of phenolic OH excluding ortho intramolecular Hbond substituents is 1. The third kappa shape index (κ3) is 1.66. The highest BCUT2D eigenvalue weighted by molar-refractivity contribution is 6.33. The fourth-order valence-electron chi connectivity index (χ4n) is 3.72. The van der Waals surface area contributed by atoms with Gasteiger partial charge in [-0.3, -0.25) is 0 Å². The summed E-state index contributed by atoms with van der Waals surface area (Å²) in [5.41, 5.74) is 9.46. The lowest BCUT2D eigenvalue weighted by atomic mass is 9.77. The normalized spacial score (nSPS) is 21.2. The van der Waals surface area contributed by atoms with Crippen molar-refractivity contribution in [3.8, 4) is 5.75 Å². The molecule has 0 heterocycles. The molecule has 1 saturated carbocycles. The van der Waals surface area contributed by atoms with Crippen LogP contribution in [0.2, 0.25) is 5.02 Å². The van der Waals surface area contributed by atoms with Crippen LogP contribution in [0, 0.1) is 0 Å². The number of rotatable bonds is 2. The number of fused-ring (bicyclic) bond motifs is 1. The number of phenols is 1. The molecule has 1 aromatic rings. The maximum atomic E-state index is 10.4. The number of halogens is 1. The first-order valence-corrected chi connectivity index (χ1v) is 7.29. The molecule has 2 aliphatic rings. The lowest BCUT2D eigenvalue weighted by Crippen LogP contribution is -2.32. The van der Waals surface area contributed by atoms with E-state index in [2.05, 4.69) is 6.07 Å². The molecule has 3 N–H and O–H groups in total. The minimum Gasteiger partial charge on any atom is -0.506 e. The Labute approximate surface area is 113 Å². The van der Waals surface area contributed by atoms with Crippen molar-refractivity contribution in [2.24, 2.45) is 5.73 Å². The van der Waals surface area contributed by atoms with E-state index in [4.69, 9.17) is 17.3 Å². The van der Waals surface area contributed by atoms with Gasteiger partial charge in [0.2, 0.25) is 0 Å². The molecule has 2 nitrogen and oxygen atoms in total. The number of hydrogen-bond donors (Lipinski definition) is 2. The maximum absolute atomic E-state index is 10.4. The highest BCUT2D eigenvalue weighted by atomic mass is 35.5. The summed E-state index contributed by atoms with van der Waals surface area (Å²) < 4.78 is 0. The van der Waals surface area contributed by atoms with Crippen LogP contribution >= 0.6 is 11.6 Å². The first kappa shape index (κ1) is 12.3. The SMILES string of the molecule is NCC1(c2cc3c(c(Cl)c2O)CCC3)CCCC1. The van der Waals surface area contributed by atoms with Crippen molar-refractivity contribution in [1.82, 2.24) is 0 Å². The molecule has 0 bridgehead atoms. The molecule has 3 heteroatoms. The van der Waals surface area contributed by atoms with E-state index in [-0.39, 0.29) is 5.41 Å². The second kappa shape index (κ2) is 4.43. The molecule has 0 radical (unpaired) electrons. The van der Waals surface area contributed by atoms with Gasteiger partial charge in [0.05, 0.1) is 5.02 Å². The van der Waals surface area contributed by atoms with Gasteiger partial charge in [0.15, 0.2) is 0 Å². The van der Waals surface area contributed by atoms with Gasteiger partial charge in [0, 0.05) is 17.5 Å². The summed E-state index contributed by atoms with van der Waals surface area (Å²) in [6, 6.07) is 2.18. The zero-order chi connectivity index (χ0) is 12.8. The van der Waals surface area contributed by atoms with Crippen molar-refractivity contribution >= 4 is 11.6 Å². The minimum absolute atomic E-state index is 0.0364. The van der Waals surface area contributed by atoms with Crippen LogP contribution in [0.1, 0.15) is 48.8 Å². The van der Waals surface area contributed by atoms with Crippen molar-refractivity contribution < 1.29 is 5.11 Å². The van der Waals surface area contributed by atoms with Gasteiger partial charge < -0.3 is 10.8 Å². The molecule has 0 spiro atoms. The summed E-state index contributed by atoms with van der Waals surface area (Å²) in [5, 5.41) is 11.0. The first-order chi connectivity index (χ1) is 8.68. The Morgan fingerprint density at radius 2 is 1.94 bits per heavy atom.